The number of methoxy groups -OCH3 is 1. The molecule has 2 fully saturated rings. The van der Waals surface area contributed by atoms with E-state index in [9.17, 15) is 14.4 Å². The van der Waals surface area contributed by atoms with Crippen LogP contribution in [0.2, 0.25) is 0 Å². The van der Waals surface area contributed by atoms with Gasteiger partial charge < -0.3 is 9.30 Å². The first-order valence-electron chi connectivity index (χ1n) is 9.57. The van der Waals surface area contributed by atoms with Gasteiger partial charge in [0.15, 0.2) is 0 Å². The number of amides is 4. The molecule has 28 heavy (non-hydrogen) atoms. The molecule has 1 aromatic heterocycles. The summed E-state index contributed by atoms with van der Waals surface area (Å²) in [4.78, 5) is 38.9. The summed E-state index contributed by atoms with van der Waals surface area (Å²) >= 11 is 0. The van der Waals surface area contributed by atoms with Gasteiger partial charge in [-0.3, -0.25) is 19.8 Å². The molecule has 7 heteroatoms. The minimum Gasteiger partial charge on any atom is -0.383 e. The second kappa shape index (κ2) is 7.59. The maximum Gasteiger partial charge on any atom is 0.331 e. The minimum absolute atomic E-state index is 0.00106. The predicted molar refractivity (Wildman–Crippen MR) is 104 cm³/mol. The van der Waals surface area contributed by atoms with Gasteiger partial charge in [0.05, 0.1) is 6.61 Å². The van der Waals surface area contributed by atoms with Crippen molar-refractivity contribution in [2.75, 3.05) is 13.7 Å². The Hall–Kier alpha value is -2.93. The van der Waals surface area contributed by atoms with Gasteiger partial charge in [-0.1, -0.05) is 31.0 Å². The number of imide groups is 2. The van der Waals surface area contributed by atoms with E-state index in [4.69, 9.17) is 4.74 Å². The zero-order valence-electron chi connectivity index (χ0n) is 15.8. The topological polar surface area (TPSA) is 80.6 Å². The Morgan fingerprint density at radius 3 is 2.68 bits per heavy atom. The number of hydrogen-bond donors (Lipinski definition) is 1. The number of rotatable bonds is 5. The molecule has 0 bridgehead atoms. The van der Waals surface area contributed by atoms with Gasteiger partial charge in [0, 0.05) is 42.4 Å². The molecule has 4 amide bonds. The second-order valence-corrected chi connectivity index (χ2v) is 7.22. The fourth-order valence-electron chi connectivity index (χ4n) is 4.09. The zero-order valence-corrected chi connectivity index (χ0v) is 15.8. The van der Waals surface area contributed by atoms with Gasteiger partial charge in [-0.25, -0.2) is 4.79 Å². The Labute approximate surface area is 162 Å². The molecule has 0 spiro atoms. The molecule has 1 aromatic carbocycles. The molecule has 7 nitrogen and oxygen atoms in total. The average molecular weight is 381 g/mol. The molecule has 146 valence electrons. The van der Waals surface area contributed by atoms with Crippen LogP contribution in [0.25, 0.3) is 17.0 Å². The zero-order chi connectivity index (χ0) is 19.7. The third-order valence-corrected chi connectivity index (χ3v) is 5.48. The Balaban J connectivity index is 1.73. The highest BCUT2D eigenvalue weighted by atomic mass is 16.5. The highest BCUT2D eigenvalue weighted by molar-refractivity contribution is 6.31. The number of nitrogens with zero attached hydrogens (tertiary/aromatic N) is 2. The molecule has 1 saturated heterocycles. The van der Waals surface area contributed by atoms with E-state index in [1.54, 1.807) is 13.2 Å². The summed E-state index contributed by atoms with van der Waals surface area (Å²) in [6.07, 6.45) is 7.06. The number of hydrogen-bond acceptors (Lipinski definition) is 4. The predicted octanol–water partition coefficient (Wildman–Crippen LogP) is 2.69. The summed E-state index contributed by atoms with van der Waals surface area (Å²) in [7, 11) is 1.65. The van der Waals surface area contributed by atoms with Crippen LogP contribution in [0.1, 0.15) is 31.2 Å². The molecule has 0 unspecified atom stereocenters. The molecule has 1 saturated carbocycles. The lowest BCUT2D eigenvalue weighted by Gasteiger charge is -2.31. The molecular weight excluding hydrogens is 358 g/mol. The maximum absolute atomic E-state index is 13.0. The van der Waals surface area contributed by atoms with Crippen LogP contribution in [0, 0.1) is 0 Å². The van der Waals surface area contributed by atoms with Gasteiger partial charge in [0.1, 0.15) is 5.57 Å². The highest BCUT2D eigenvalue weighted by Crippen LogP contribution is 2.29. The van der Waals surface area contributed by atoms with Crippen molar-refractivity contribution in [3.8, 4) is 0 Å². The quantitative estimate of drug-likeness (QED) is 0.638. The van der Waals surface area contributed by atoms with Crippen LogP contribution in [0.4, 0.5) is 4.79 Å². The maximum atomic E-state index is 13.0. The number of urea groups is 1. The van der Waals surface area contributed by atoms with Gasteiger partial charge in [-0.15, -0.1) is 0 Å². The van der Waals surface area contributed by atoms with Crippen LogP contribution in [-0.4, -0.2) is 47.1 Å². The van der Waals surface area contributed by atoms with E-state index >= 15 is 0 Å². The molecule has 2 aliphatic rings. The van der Waals surface area contributed by atoms with Crippen molar-refractivity contribution in [3.05, 3.63) is 41.6 Å². The fraction of sp³-hybridized carbons (Fsp3) is 0.381. The molecule has 0 atom stereocenters. The van der Waals surface area contributed by atoms with E-state index in [-0.39, 0.29) is 11.6 Å². The number of carbonyl (C=O) groups is 3. The largest absolute Gasteiger partial charge is 0.383 e. The second-order valence-electron chi connectivity index (χ2n) is 7.22. The third kappa shape index (κ3) is 3.22. The average Bonchev–Trinajstić information content (AvgIpc) is 3.32. The Kier molecular flexibility index (Phi) is 5.00. The number of fused-ring (bicyclic) bond motifs is 1. The van der Waals surface area contributed by atoms with Crippen molar-refractivity contribution in [1.29, 1.82) is 0 Å². The summed E-state index contributed by atoms with van der Waals surface area (Å²) in [5.74, 6) is -1.15. The summed E-state index contributed by atoms with van der Waals surface area (Å²) in [5.41, 5.74) is 1.77. The van der Waals surface area contributed by atoms with Crippen molar-refractivity contribution in [3.63, 3.8) is 0 Å². The van der Waals surface area contributed by atoms with Crippen molar-refractivity contribution in [2.24, 2.45) is 0 Å². The van der Waals surface area contributed by atoms with E-state index in [1.807, 2.05) is 35.0 Å². The third-order valence-electron chi connectivity index (χ3n) is 5.48. The summed E-state index contributed by atoms with van der Waals surface area (Å²) in [6.45, 7) is 1.21. The standard InChI is InChI=1S/C21H23N3O4/c1-28-11-10-23-13-14(16-8-4-5-9-18(16)23)12-17-19(25)22-21(27)24(20(17)26)15-6-2-3-7-15/h4-5,8-9,12-13,15H,2-3,6-7,10-11H2,1H3,(H,22,25,27). The lowest BCUT2D eigenvalue weighted by molar-refractivity contribution is -0.131. The lowest BCUT2D eigenvalue weighted by atomic mass is 10.0. The first kappa shape index (κ1) is 18.4. The SMILES string of the molecule is COCCn1cc(C=C2C(=O)NC(=O)N(C3CCCC3)C2=O)c2ccccc21. The molecule has 1 N–H and O–H groups in total. The summed E-state index contributed by atoms with van der Waals surface area (Å²) in [6, 6.07) is 7.07. The van der Waals surface area contributed by atoms with Gasteiger partial charge in [-0.05, 0) is 25.0 Å². The van der Waals surface area contributed by atoms with Gasteiger partial charge in [0.25, 0.3) is 11.8 Å². The number of carbonyl (C=O) groups excluding carboxylic acids is 3. The van der Waals surface area contributed by atoms with E-state index in [1.165, 1.54) is 4.90 Å². The minimum atomic E-state index is -0.641. The molecule has 0 radical (unpaired) electrons. The number of para-hydroxylation sites is 1. The van der Waals surface area contributed by atoms with E-state index in [0.717, 1.165) is 42.1 Å². The highest BCUT2D eigenvalue weighted by Gasteiger charge is 2.40. The van der Waals surface area contributed by atoms with Gasteiger partial charge in [0.2, 0.25) is 0 Å². The van der Waals surface area contributed by atoms with Crippen molar-refractivity contribution >= 4 is 34.8 Å². The molecule has 4 rings (SSSR count). The van der Waals surface area contributed by atoms with Crippen LogP contribution in [0.15, 0.2) is 36.0 Å². The Morgan fingerprint density at radius 1 is 1.18 bits per heavy atom. The van der Waals surface area contributed by atoms with Crippen molar-refractivity contribution in [1.82, 2.24) is 14.8 Å². The monoisotopic (exact) mass is 381 g/mol. The number of ether oxygens (including phenoxy) is 1. The lowest BCUT2D eigenvalue weighted by Crippen LogP contribution is -2.57. The summed E-state index contributed by atoms with van der Waals surface area (Å²) in [5, 5.41) is 3.27. The number of benzene rings is 1. The smallest absolute Gasteiger partial charge is 0.331 e. The number of aromatic nitrogens is 1. The van der Waals surface area contributed by atoms with Crippen LogP contribution in [-0.2, 0) is 20.9 Å². The van der Waals surface area contributed by atoms with E-state index < -0.39 is 17.8 Å². The molecule has 2 heterocycles. The van der Waals surface area contributed by atoms with Crippen molar-refractivity contribution < 1.29 is 19.1 Å². The van der Waals surface area contributed by atoms with Gasteiger partial charge >= 0.3 is 6.03 Å². The van der Waals surface area contributed by atoms with Crippen LogP contribution < -0.4 is 5.32 Å². The molecule has 1 aliphatic heterocycles. The molecule has 1 aliphatic carbocycles. The first-order valence-corrected chi connectivity index (χ1v) is 9.57. The van der Waals surface area contributed by atoms with Crippen LogP contribution in [0.3, 0.4) is 0 Å². The van der Waals surface area contributed by atoms with Crippen LogP contribution in [0.5, 0.6) is 0 Å². The number of barbiturate groups is 1. The summed E-state index contributed by atoms with van der Waals surface area (Å²) < 4.78 is 7.21. The van der Waals surface area contributed by atoms with E-state index in [2.05, 4.69) is 5.32 Å². The first-order chi connectivity index (χ1) is 13.6. The molecular formula is C21H23N3O4. The van der Waals surface area contributed by atoms with E-state index in [0.29, 0.717) is 13.2 Å². The number of nitrogens with one attached hydrogen (secondary N) is 1. The van der Waals surface area contributed by atoms with Gasteiger partial charge in [-0.2, -0.15) is 0 Å². The normalized spacial score (nSPS) is 19.8. The van der Waals surface area contributed by atoms with Crippen molar-refractivity contribution in [2.45, 2.75) is 38.3 Å². The Morgan fingerprint density at radius 2 is 1.93 bits per heavy atom. The molecule has 2 aromatic rings. The Bertz CT molecular complexity index is 969. The fourth-order valence-corrected chi connectivity index (χ4v) is 4.09. The van der Waals surface area contributed by atoms with Crippen LogP contribution >= 0.6 is 0 Å².